The van der Waals surface area contributed by atoms with E-state index in [0.29, 0.717) is 4.88 Å². The van der Waals surface area contributed by atoms with Gasteiger partial charge in [-0.1, -0.05) is 0 Å². The number of fused-ring (bicyclic) bond motifs is 1. The van der Waals surface area contributed by atoms with Crippen LogP contribution in [0.1, 0.15) is 26.5 Å². The molecule has 6 heteroatoms. The molecule has 0 aliphatic heterocycles. The smallest absolute Gasteiger partial charge is 0.330 e. The quantitative estimate of drug-likeness (QED) is 0.610. The highest BCUT2D eigenvalue weighted by Crippen LogP contribution is 2.30. The summed E-state index contributed by atoms with van der Waals surface area (Å²) in [7, 11) is 0. The van der Waals surface area contributed by atoms with Gasteiger partial charge >= 0.3 is 6.03 Å². The number of hydrogen-bond donors (Lipinski definition) is 3. The molecule has 15 heavy (non-hydrogen) atoms. The summed E-state index contributed by atoms with van der Waals surface area (Å²) < 4.78 is 0. The zero-order valence-electron chi connectivity index (χ0n) is 8.00. The Kier molecular flexibility index (Phi) is 2.59. The van der Waals surface area contributed by atoms with Crippen LogP contribution in [0, 0.1) is 0 Å². The lowest BCUT2D eigenvalue weighted by Gasteiger charge is -2.01. The van der Waals surface area contributed by atoms with E-state index in [-0.39, 0.29) is 5.91 Å². The third-order valence-electron chi connectivity index (χ3n) is 2.27. The average Bonchev–Trinajstić information content (AvgIpc) is 2.72. The highest BCUT2D eigenvalue weighted by molar-refractivity contribution is 7.14. The van der Waals surface area contributed by atoms with Gasteiger partial charge in [-0.05, 0) is 30.9 Å². The van der Waals surface area contributed by atoms with Crippen molar-refractivity contribution >= 4 is 23.3 Å². The highest BCUT2D eigenvalue weighted by atomic mass is 32.1. The fourth-order valence-electron chi connectivity index (χ4n) is 1.62. The Labute approximate surface area is 90.6 Å². The van der Waals surface area contributed by atoms with Crippen molar-refractivity contribution in [3.8, 4) is 0 Å². The summed E-state index contributed by atoms with van der Waals surface area (Å²) in [5.74, 6) is -0.312. The molecule has 0 bridgehead atoms. The molecule has 1 aromatic heterocycles. The van der Waals surface area contributed by atoms with Gasteiger partial charge < -0.3 is 5.73 Å². The molecule has 1 aromatic rings. The van der Waals surface area contributed by atoms with Crippen molar-refractivity contribution in [3.63, 3.8) is 0 Å². The van der Waals surface area contributed by atoms with E-state index in [9.17, 15) is 9.59 Å². The molecular formula is C9H11N3O2S. The Bertz CT molecular complexity index is 392. The lowest BCUT2D eigenvalue weighted by Crippen LogP contribution is -2.44. The standard InChI is InChI=1S/C9H11N3O2S/c10-9(14)12-11-8(13)7-4-5-2-1-3-6(5)15-7/h4H,1-3H2,(H,11,13)(H3,10,12,14). The first kappa shape index (κ1) is 9.97. The van der Waals surface area contributed by atoms with Crippen LogP contribution in [-0.4, -0.2) is 11.9 Å². The number of urea groups is 1. The van der Waals surface area contributed by atoms with E-state index < -0.39 is 6.03 Å². The molecule has 0 saturated heterocycles. The van der Waals surface area contributed by atoms with Crippen LogP contribution in [0.4, 0.5) is 4.79 Å². The van der Waals surface area contributed by atoms with Gasteiger partial charge in [0.25, 0.3) is 5.91 Å². The molecule has 80 valence electrons. The van der Waals surface area contributed by atoms with Crippen molar-refractivity contribution in [2.45, 2.75) is 19.3 Å². The second-order valence-electron chi connectivity index (χ2n) is 3.36. The van der Waals surface area contributed by atoms with E-state index in [1.807, 2.05) is 6.07 Å². The predicted molar refractivity (Wildman–Crippen MR) is 56.5 cm³/mol. The second kappa shape index (κ2) is 3.90. The van der Waals surface area contributed by atoms with Gasteiger partial charge in [0.05, 0.1) is 4.88 Å². The molecule has 3 amide bonds. The summed E-state index contributed by atoms with van der Waals surface area (Å²) >= 11 is 1.48. The third kappa shape index (κ3) is 2.10. The molecule has 0 spiro atoms. The minimum absolute atomic E-state index is 0.312. The maximum absolute atomic E-state index is 11.5. The van der Waals surface area contributed by atoms with Crippen LogP contribution in [0.15, 0.2) is 6.07 Å². The van der Waals surface area contributed by atoms with E-state index in [2.05, 4.69) is 10.9 Å². The molecule has 5 nitrogen and oxygen atoms in total. The Hall–Kier alpha value is -1.56. The zero-order valence-corrected chi connectivity index (χ0v) is 8.82. The molecule has 0 aromatic carbocycles. The first-order valence-corrected chi connectivity index (χ1v) is 5.46. The Morgan fingerprint density at radius 1 is 1.33 bits per heavy atom. The van der Waals surface area contributed by atoms with Crippen LogP contribution in [-0.2, 0) is 12.8 Å². The first-order valence-electron chi connectivity index (χ1n) is 4.64. The summed E-state index contributed by atoms with van der Waals surface area (Å²) in [5.41, 5.74) is 10.4. The minimum Gasteiger partial charge on any atom is -0.350 e. The minimum atomic E-state index is -0.771. The van der Waals surface area contributed by atoms with Gasteiger partial charge in [0.1, 0.15) is 0 Å². The predicted octanol–water partition coefficient (Wildman–Crippen LogP) is 0.550. The monoisotopic (exact) mass is 225 g/mol. The first-order chi connectivity index (χ1) is 7.16. The van der Waals surface area contributed by atoms with E-state index in [1.165, 1.54) is 28.2 Å². The molecule has 4 N–H and O–H groups in total. The van der Waals surface area contributed by atoms with Gasteiger partial charge in [-0.2, -0.15) is 0 Å². The summed E-state index contributed by atoms with van der Waals surface area (Å²) in [4.78, 5) is 23.8. The largest absolute Gasteiger partial charge is 0.350 e. The van der Waals surface area contributed by atoms with Crippen LogP contribution >= 0.6 is 11.3 Å². The van der Waals surface area contributed by atoms with Gasteiger partial charge in [0, 0.05) is 4.88 Å². The van der Waals surface area contributed by atoms with E-state index in [1.54, 1.807) is 0 Å². The normalized spacial score (nSPS) is 13.3. The molecule has 2 rings (SSSR count). The Morgan fingerprint density at radius 3 is 2.80 bits per heavy atom. The number of carbonyl (C=O) groups excluding carboxylic acids is 2. The fraction of sp³-hybridized carbons (Fsp3) is 0.333. The molecule has 1 heterocycles. The van der Waals surface area contributed by atoms with E-state index in [0.717, 1.165) is 12.8 Å². The van der Waals surface area contributed by atoms with Gasteiger partial charge in [0.2, 0.25) is 0 Å². The van der Waals surface area contributed by atoms with Crippen molar-refractivity contribution in [1.29, 1.82) is 0 Å². The lowest BCUT2D eigenvalue weighted by molar-refractivity contribution is 0.0941. The third-order valence-corrected chi connectivity index (χ3v) is 3.51. The van der Waals surface area contributed by atoms with Crippen LogP contribution in [0.25, 0.3) is 0 Å². The molecule has 1 aliphatic carbocycles. The van der Waals surface area contributed by atoms with Gasteiger partial charge in [-0.15, -0.1) is 11.3 Å². The van der Waals surface area contributed by atoms with Crippen molar-refractivity contribution in [2.24, 2.45) is 5.73 Å². The van der Waals surface area contributed by atoms with Crippen molar-refractivity contribution in [1.82, 2.24) is 10.9 Å². The van der Waals surface area contributed by atoms with Crippen molar-refractivity contribution < 1.29 is 9.59 Å². The number of amides is 3. The number of nitrogens with one attached hydrogen (secondary N) is 2. The van der Waals surface area contributed by atoms with Crippen LogP contribution in [0.5, 0.6) is 0 Å². The SMILES string of the molecule is NC(=O)NNC(=O)c1cc2c(s1)CCC2. The topological polar surface area (TPSA) is 84.2 Å². The van der Waals surface area contributed by atoms with Crippen molar-refractivity contribution in [2.75, 3.05) is 0 Å². The number of hydrogen-bond acceptors (Lipinski definition) is 3. The van der Waals surface area contributed by atoms with E-state index in [4.69, 9.17) is 5.73 Å². The number of primary amides is 1. The highest BCUT2D eigenvalue weighted by Gasteiger charge is 2.18. The van der Waals surface area contributed by atoms with Crippen LogP contribution in [0.2, 0.25) is 0 Å². The lowest BCUT2D eigenvalue weighted by atomic mass is 10.2. The average molecular weight is 225 g/mol. The Morgan fingerprint density at radius 2 is 2.13 bits per heavy atom. The summed E-state index contributed by atoms with van der Waals surface area (Å²) in [6, 6.07) is 1.11. The molecular weight excluding hydrogens is 214 g/mol. The molecule has 1 aliphatic rings. The van der Waals surface area contributed by atoms with Gasteiger partial charge in [-0.3, -0.25) is 10.2 Å². The number of thiophene rings is 1. The Balaban J connectivity index is 2.03. The van der Waals surface area contributed by atoms with Crippen LogP contribution < -0.4 is 16.6 Å². The fourth-order valence-corrected chi connectivity index (χ4v) is 2.77. The van der Waals surface area contributed by atoms with Crippen molar-refractivity contribution in [3.05, 3.63) is 21.4 Å². The number of rotatable bonds is 1. The number of hydrazine groups is 1. The number of carbonyl (C=O) groups is 2. The molecule has 0 saturated carbocycles. The molecule has 0 fully saturated rings. The van der Waals surface area contributed by atoms with E-state index >= 15 is 0 Å². The summed E-state index contributed by atoms with van der Waals surface area (Å²) in [6.45, 7) is 0. The second-order valence-corrected chi connectivity index (χ2v) is 4.49. The van der Waals surface area contributed by atoms with Crippen LogP contribution in [0.3, 0.4) is 0 Å². The maximum atomic E-state index is 11.5. The maximum Gasteiger partial charge on any atom is 0.330 e. The zero-order chi connectivity index (χ0) is 10.8. The van der Waals surface area contributed by atoms with Gasteiger partial charge in [-0.25, -0.2) is 10.2 Å². The molecule has 0 unspecified atom stereocenters. The van der Waals surface area contributed by atoms with Gasteiger partial charge in [0.15, 0.2) is 0 Å². The molecule has 0 radical (unpaired) electrons. The summed E-state index contributed by atoms with van der Waals surface area (Å²) in [6.07, 6.45) is 3.27. The molecule has 0 atom stereocenters. The number of aryl methyl sites for hydroxylation is 2. The number of nitrogens with two attached hydrogens (primary N) is 1. The summed E-state index contributed by atoms with van der Waals surface area (Å²) in [5, 5.41) is 0.